The average Bonchev–Trinajstić information content (AvgIpc) is 2.86. The highest BCUT2D eigenvalue weighted by Gasteiger charge is 2.56. The Labute approximate surface area is 243 Å². The zero-order chi connectivity index (χ0) is 30.3. The van der Waals surface area contributed by atoms with Crippen molar-refractivity contribution in [2.45, 2.75) is 78.7 Å². The van der Waals surface area contributed by atoms with Gasteiger partial charge in [-0.15, -0.1) is 0 Å². The van der Waals surface area contributed by atoms with Crippen LogP contribution in [0.1, 0.15) is 73.4 Å². The first kappa shape index (κ1) is 30.2. The van der Waals surface area contributed by atoms with E-state index in [1.807, 2.05) is 88.4 Å². The lowest BCUT2D eigenvalue weighted by molar-refractivity contribution is -0.150. The van der Waals surface area contributed by atoms with Crippen molar-refractivity contribution in [2.75, 3.05) is 10.6 Å². The molecule has 3 N–H and O–H groups in total. The van der Waals surface area contributed by atoms with Gasteiger partial charge in [0.05, 0.1) is 11.5 Å². The van der Waals surface area contributed by atoms with Gasteiger partial charge in [-0.3, -0.25) is 14.4 Å². The molecule has 41 heavy (non-hydrogen) atoms. The van der Waals surface area contributed by atoms with Crippen LogP contribution in [0.2, 0.25) is 0 Å². The first-order valence-corrected chi connectivity index (χ1v) is 14.2. The molecular weight excluding hydrogens is 512 g/mol. The molecule has 1 aliphatic carbocycles. The quantitative estimate of drug-likeness (QED) is 0.312. The number of amides is 2. The minimum absolute atomic E-state index is 0.106. The molecule has 0 aromatic heterocycles. The van der Waals surface area contributed by atoms with E-state index in [1.54, 1.807) is 0 Å². The van der Waals surface area contributed by atoms with Crippen LogP contribution in [-0.4, -0.2) is 28.3 Å². The van der Waals surface area contributed by atoms with Gasteiger partial charge in [0, 0.05) is 23.7 Å². The van der Waals surface area contributed by atoms with E-state index >= 15 is 0 Å². The van der Waals surface area contributed by atoms with Gasteiger partial charge in [0.25, 0.3) is 0 Å². The van der Waals surface area contributed by atoms with Gasteiger partial charge in [-0.1, -0.05) is 69.3 Å². The van der Waals surface area contributed by atoms with E-state index in [4.69, 9.17) is 0 Å². The van der Waals surface area contributed by atoms with Crippen LogP contribution in [0, 0.1) is 39.5 Å². The lowest BCUT2D eigenvalue weighted by Crippen LogP contribution is -2.56. The summed E-state index contributed by atoms with van der Waals surface area (Å²) >= 11 is 0. The molecule has 1 saturated carbocycles. The molecule has 0 heterocycles. The average molecular weight is 555 g/mol. The number of benzene rings is 3. The fourth-order valence-corrected chi connectivity index (χ4v) is 5.86. The smallest absolute Gasteiger partial charge is 0.235 e. The topological polar surface area (TPSA) is 95.5 Å². The molecule has 6 heteroatoms. The molecule has 1 fully saturated rings. The van der Waals surface area contributed by atoms with Gasteiger partial charge < -0.3 is 15.7 Å². The van der Waals surface area contributed by atoms with Gasteiger partial charge in [-0.05, 0) is 85.5 Å². The molecule has 4 unspecified atom stereocenters. The van der Waals surface area contributed by atoms with Crippen LogP contribution in [0.4, 0.5) is 11.4 Å². The fraction of sp³-hybridized carbons (Fsp3) is 0.400. The summed E-state index contributed by atoms with van der Waals surface area (Å²) in [5, 5.41) is 17.6. The SMILES string of the molecule is Cc1ccc(C)c(NC(=O)C2C(=O)CC(C)(O)C(C(=O)Nc3cc(C)ccc3C)C2c2ccc(C(C)(C)C)cc2)c1. The Morgan fingerprint density at radius 2 is 1.29 bits per heavy atom. The van der Waals surface area contributed by atoms with Crippen LogP contribution >= 0.6 is 0 Å². The van der Waals surface area contributed by atoms with Crippen LogP contribution in [-0.2, 0) is 19.8 Å². The summed E-state index contributed by atoms with van der Waals surface area (Å²) in [6.07, 6.45) is -0.306. The Hall–Kier alpha value is -3.77. The molecule has 4 atom stereocenters. The van der Waals surface area contributed by atoms with Crippen molar-refractivity contribution in [1.29, 1.82) is 0 Å². The predicted octanol–water partition coefficient (Wildman–Crippen LogP) is 6.53. The molecule has 216 valence electrons. The maximum Gasteiger partial charge on any atom is 0.235 e. The van der Waals surface area contributed by atoms with Crippen molar-refractivity contribution in [3.63, 3.8) is 0 Å². The van der Waals surface area contributed by atoms with Crippen LogP contribution < -0.4 is 10.6 Å². The second kappa shape index (κ2) is 11.2. The number of aliphatic hydroxyl groups is 1. The maximum absolute atomic E-state index is 14.1. The molecule has 0 spiro atoms. The Morgan fingerprint density at radius 3 is 1.78 bits per heavy atom. The van der Waals surface area contributed by atoms with Gasteiger partial charge in [0.15, 0.2) is 0 Å². The van der Waals surface area contributed by atoms with Crippen LogP contribution in [0.5, 0.6) is 0 Å². The normalized spacial score (nSPS) is 22.8. The van der Waals surface area contributed by atoms with Crippen molar-refractivity contribution >= 4 is 29.0 Å². The van der Waals surface area contributed by atoms with Crippen molar-refractivity contribution in [2.24, 2.45) is 11.8 Å². The highest BCUT2D eigenvalue weighted by atomic mass is 16.3. The number of carbonyl (C=O) groups is 3. The summed E-state index contributed by atoms with van der Waals surface area (Å²) < 4.78 is 0. The molecule has 0 bridgehead atoms. The van der Waals surface area contributed by atoms with Gasteiger partial charge in [-0.2, -0.15) is 0 Å². The van der Waals surface area contributed by atoms with E-state index in [9.17, 15) is 19.5 Å². The van der Waals surface area contributed by atoms with Crippen molar-refractivity contribution in [3.8, 4) is 0 Å². The summed E-state index contributed by atoms with van der Waals surface area (Å²) in [6.45, 7) is 15.5. The van der Waals surface area contributed by atoms with E-state index in [0.717, 1.165) is 27.8 Å². The molecule has 1 aliphatic rings. The van der Waals surface area contributed by atoms with Crippen LogP contribution in [0.3, 0.4) is 0 Å². The first-order chi connectivity index (χ1) is 19.1. The zero-order valence-electron chi connectivity index (χ0n) is 25.4. The van der Waals surface area contributed by atoms with Gasteiger partial charge in [-0.25, -0.2) is 0 Å². The Morgan fingerprint density at radius 1 is 0.805 bits per heavy atom. The molecular formula is C35H42N2O4. The number of ketones is 1. The largest absolute Gasteiger partial charge is 0.389 e. The van der Waals surface area contributed by atoms with E-state index in [0.29, 0.717) is 16.9 Å². The Balaban J connectivity index is 1.82. The third-order valence-electron chi connectivity index (χ3n) is 8.30. The minimum atomic E-state index is -1.66. The molecule has 3 aromatic rings. The predicted molar refractivity (Wildman–Crippen MR) is 164 cm³/mol. The van der Waals surface area contributed by atoms with Crippen LogP contribution in [0.15, 0.2) is 60.7 Å². The molecule has 4 rings (SSSR count). The standard InChI is InChI=1S/C35H42N2O4/c1-20-9-11-22(3)26(17-20)36-32(39)30-28(38)19-35(8,41)31(33(40)37-27-18-21(2)10-12-23(27)4)29(30)24-13-15-25(16-14-24)34(5,6)7/h9-18,29-31,41H,19H2,1-8H3,(H,36,39)(H,37,40). The minimum Gasteiger partial charge on any atom is -0.389 e. The van der Waals surface area contributed by atoms with Gasteiger partial charge >= 0.3 is 0 Å². The van der Waals surface area contributed by atoms with Gasteiger partial charge in [0.2, 0.25) is 11.8 Å². The number of Topliss-reactive ketones (excluding diaryl/α,β-unsaturated/α-hetero) is 1. The zero-order valence-corrected chi connectivity index (χ0v) is 25.4. The summed E-state index contributed by atoms with van der Waals surface area (Å²) in [6, 6.07) is 19.2. The number of hydrogen-bond acceptors (Lipinski definition) is 4. The molecule has 0 saturated heterocycles. The monoisotopic (exact) mass is 554 g/mol. The highest BCUT2D eigenvalue weighted by Crippen LogP contribution is 2.47. The number of aryl methyl sites for hydroxylation is 4. The summed E-state index contributed by atoms with van der Waals surface area (Å²) in [5.74, 6) is -4.40. The number of hydrogen-bond donors (Lipinski definition) is 3. The highest BCUT2D eigenvalue weighted by molar-refractivity contribution is 6.10. The van der Waals surface area contributed by atoms with Crippen molar-refractivity contribution < 1.29 is 19.5 Å². The van der Waals surface area contributed by atoms with E-state index in [-0.39, 0.29) is 11.8 Å². The number of nitrogens with one attached hydrogen (secondary N) is 2. The second-order valence-electron chi connectivity index (χ2n) is 13.0. The van der Waals surface area contributed by atoms with E-state index in [2.05, 4.69) is 31.4 Å². The molecule has 6 nitrogen and oxygen atoms in total. The summed E-state index contributed by atoms with van der Waals surface area (Å²) in [7, 11) is 0. The third-order valence-corrected chi connectivity index (χ3v) is 8.30. The fourth-order valence-electron chi connectivity index (χ4n) is 5.86. The van der Waals surface area contributed by atoms with E-state index in [1.165, 1.54) is 6.92 Å². The number of carbonyl (C=O) groups excluding carboxylic acids is 3. The van der Waals surface area contributed by atoms with E-state index < -0.39 is 41.0 Å². The van der Waals surface area contributed by atoms with Crippen LogP contribution in [0.25, 0.3) is 0 Å². The van der Waals surface area contributed by atoms with Crippen molar-refractivity contribution in [3.05, 3.63) is 94.0 Å². The Bertz CT molecular complexity index is 1480. The third kappa shape index (κ3) is 6.43. The maximum atomic E-state index is 14.1. The molecule has 3 aromatic carbocycles. The molecule has 0 aliphatic heterocycles. The molecule has 0 radical (unpaired) electrons. The second-order valence-corrected chi connectivity index (χ2v) is 13.0. The lowest BCUT2D eigenvalue weighted by atomic mass is 9.61. The number of anilines is 2. The first-order valence-electron chi connectivity index (χ1n) is 14.2. The summed E-state index contributed by atoms with van der Waals surface area (Å²) in [4.78, 5) is 41.7. The molecule has 2 amide bonds. The Kier molecular flexibility index (Phi) is 8.28. The summed E-state index contributed by atoms with van der Waals surface area (Å²) in [5.41, 5.74) is 4.95. The lowest BCUT2D eigenvalue weighted by Gasteiger charge is -2.44. The van der Waals surface area contributed by atoms with Gasteiger partial charge in [0.1, 0.15) is 11.7 Å². The van der Waals surface area contributed by atoms with Crippen molar-refractivity contribution in [1.82, 2.24) is 0 Å². The number of rotatable bonds is 5.